The Kier molecular flexibility index (Phi) is 6.17. The summed E-state index contributed by atoms with van der Waals surface area (Å²) in [5.74, 6) is 0.0506. The molecule has 4 rings (SSSR count). The molecule has 2 aromatic rings. The van der Waals surface area contributed by atoms with Crippen molar-refractivity contribution in [2.75, 3.05) is 45.9 Å². The Morgan fingerprint density at radius 2 is 1.90 bits per heavy atom. The van der Waals surface area contributed by atoms with Gasteiger partial charge in [0, 0.05) is 38.6 Å². The first-order valence-corrected chi connectivity index (χ1v) is 10.7. The second kappa shape index (κ2) is 8.83. The van der Waals surface area contributed by atoms with Gasteiger partial charge in [-0.05, 0) is 25.0 Å². The van der Waals surface area contributed by atoms with Crippen LogP contribution in [0.4, 0.5) is 0 Å². The SMILES string of the molecule is CC(CN1CCOCC1)C(=O)N1CCC(O)(Cn2cnc3ccccc3c2=O)CC1. The van der Waals surface area contributed by atoms with Gasteiger partial charge in [-0.1, -0.05) is 19.1 Å². The van der Waals surface area contributed by atoms with Gasteiger partial charge in [-0.2, -0.15) is 0 Å². The molecular formula is C22H30N4O4. The van der Waals surface area contributed by atoms with Crippen LogP contribution in [0.25, 0.3) is 10.9 Å². The predicted octanol–water partition coefficient (Wildman–Crippen LogP) is 0.718. The Balaban J connectivity index is 1.35. The number of aliphatic hydroxyl groups is 1. The third-order valence-corrected chi connectivity index (χ3v) is 6.26. The summed E-state index contributed by atoms with van der Waals surface area (Å²) < 4.78 is 6.86. The zero-order valence-corrected chi connectivity index (χ0v) is 17.5. The minimum Gasteiger partial charge on any atom is -0.388 e. The van der Waals surface area contributed by atoms with Gasteiger partial charge >= 0.3 is 0 Å². The molecule has 0 aliphatic carbocycles. The number of para-hydroxylation sites is 1. The second-order valence-corrected chi connectivity index (χ2v) is 8.56. The van der Waals surface area contributed by atoms with Crippen LogP contribution in [0.2, 0.25) is 0 Å². The molecule has 8 heteroatoms. The lowest BCUT2D eigenvalue weighted by atomic mass is 9.90. The number of fused-ring (bicyclic) bond motifs is 1. The van der Waals surface area contributed by atoms with E-state index in [1.165, 1.54) is 10.9 Å². The molecule has 2 aliphatic heterocycles. The summed E-state index contributed by atoms with van der Waals surface area (Å²) in [6.07, 6.45) is 2.40. The first-order valence-electron chi connectivity index (χ1n) is 10.7. The number of ether oxygens (including phenoxy) is 1. The molecule has 162 valence electrons. The lowest BCUT2D eigenvalue weighted by Crippen LogP contribution is -2.52. The highest BCUT2D eigenvalue weighted by Gasteiger charge is 2.36. The van der Waals surface area contributed by atoms with Gasteiger partial charge in [-0.15, -0.1) is 0 Å². The summed E-state index contributed by atoms with van der Waals surface area (Å²) in [5.41, 5.74) is -0.509. The molecule has 0 spiro atoms. The van der Waals surface area contributed by atoms with Crippen molar-refractivity contribution in [1.82, 2.24) is 19.4 Å². The van der Waals surface area contributed by atoms with E-state index in [0.717, 1.165) is 32.8 Å². The van der Waals surface area contributed by atoms with E-state index >= 15 is 0 Å². The normalized spacial score (nSPS) is 20.9. The molecule has 1 aromatic carbocycles. The fourth-order valence-corrected chi connectivity index (χ4v) is 4.40. The monoisotopic (exact) mass is 414 g/mol. The predicted molar refractivity (Wildman–Crippen MR) is 113 cm³/mol. The highest BCUT2D eigenvalue weighted by Crippen LogP contribution is 2.25. The lowest BCUT2D eigenvalue weighted by molar-refractivity contribution is -0.140. The molecule has 0 radical (unpaired) electrons. The molecule has 1 aromatic heterocycles. The minimum atomic E-state index is -1.02. The van der Waals surface area contributed by atoms with Crippen molar-refractivity contribution in [2.45, 2.75) is 31.9 Å². The Bertz CT molecular complexity index is 946. The van der Waals surface area contributed by atoms with Crippen LogP contribution in [0, 0.1) is 5.92 Å². The molecule has 2 aliphatic rings. The molecule has 1 atom stereocenters. The summed E-state index contributed by atoms with van der Waals surface area (Å²) >= 11 is 0. The maximum atomic E-state index is 12.9. The maximum Gasteiger partial charge on any atom is 0.261 e. The molecule has 1 N–H and O–H groups in total. The Morgan fingerprint density at radius 3 is 2.63 bits per heavy atom. The molecule has 0 bridgehead atoms. The van der Waals surface area contributed by atoms with Crippen LogP contribution in [0.3, 0.4) is 0 Å². The largest absolute Gasteiger partial charge is 0.388 e. The van der Waals surface area contributed by atoms with Crippen molar-refractivity contribution in [3.8, 4) is 0 Å². The van der Waals surface area contributed by atoms with E-state index < -0.39 is 5.60 Å². The van der Waals surface area contributed by atoms with Gasteiger partial charge in [0.15, 0.2) is 0 Å². The van der Waals surface area contributed by atoms with Crippen molar-refractivity contribution >= 4 is 16.8 Å². The molecule has 3 heterocycles. The highest BCUT2D eigenvalue weighted by atomic mass is 16.5. The van der Waals surface area contributed by atoms with Crippen molar-refractivity contribution in [1.29, 1.82) is 0 Å². The van der Waals surface area contributed by atoms with Crippen LogP contribution >= 0.6 is 0 Å². The molecular weight excluding hydrogens is 384 g/mol. The molecule has 2 fully saturated rings. The fraction of sp³-hybridized carbons (Fsp3) is 0.591. The zero-order valence-electron chi connectivity index (χ0n) is 17.5. The van der Waals surface area contributed by atoms with E-state index in [1.54, 1.807) is 12.1 Å². The summed E-state index contributed by atoms with van der Waals surface area (Å²) in [6, 6.07) is 7.21. The van der Waals surface area contributed by atoms with Crippen LogP contribution in [0.5, 0.6) is 0 Å². The molecule has 2 saturated heterocycles. The van der Waals surface area contributed by atoms with Gasteiger partial charge in [-0.3, -0.25) is 19.1 Å². The number of hydrogen-bond donors (Lipinski definition) is 1. The van der Waals surface area contributed by atoms with Crippen molar-refractivity contribution < 1.29 is 14.6 Å². The number of benzene rings is 1. The topological polar surface area (TPSA) is 87.9 Å². The molecule has 30 heavy (non-hydrogen) atoms. The molecule has 1 amide bonds. The summed E-state index contributed by atoms with van der Waals surface area (Å²) in [4.78, 5) is 34.0. The first kappa shape index (κ1) is 21.0. The number of aromatic nitrogens is 2. The number of hydrogen-bond acceptors (Lipinski definition) is 6. The number of carbonyl (C=O) groups excluding carboxylic acids is 1. The average Bonchev–Trinajstić information content (AvgIpc) is 2.76. The quantitative estimate of drug-likeness (QED) is 0.776. The average molecular weight is 415 g/mol. The minimum absolute atomic E-state index is 0.0819. The van der Waals surface area contributed by atoms with Crippen LogP contribution in [-0.2, 0) is 16.1 Å². The molecule has 1 unspecified atom stereocenters. The van der Waals surface area contributed by atoms with E-state index in [9.17, 15) is 14.7 Å². The number of nitrogens with zero attached hydrogens (tertiary/aromatic N) is 4. The van der Waals surface area contributed by atoms with Crippen LogP contribution < -0.4 is 5.56 Å². The van der Waals surface area contributed by atoms with Gasteiger partial charge in [-0.25, -0.2) is 4.98 Å². The van der Waals surface area contributed by atoms with E-state index in [-0.39, 0.29) is 23.9 Å². The first-order chi connectivity index (χ1) is 14.5. The van der Waals surface area contributed by atoms with Crippen molar-refractivity contribution in [3.05, 3.63) is 40.9 Å². The fourth-order valence-electron chi connectivity index (χ4n) is 4.40. The number of morpholine rings is 1. The van der Waals surface area contributed by atoms with E-state index in [2.05, 4.69) is 9.88 Å². The molecule has 0 saturated carbocycles. The third-order valence-electron chi connectivity index (χ3n) is 6.26. The Labute approximate surface area is 176 Å². The number of likely N-dealkylation sites (tertiary alicyclic amines) is 1. The number of carbonyl (C=O) groups is 1. The highest BCUT2D eigenvalue weighted by molar-refractivity contribution is 5.79. The number of piperidine rings is 1. The van der Waals surface area contributed by atoms with E-state index in [4.69, 9.17) is 4.74 Å². The summed E-state index contributed by atoms with van der Waals surface area (Å²) in [7, 11) is 0. The molecule has 8 nitrogen and oxygen atoms in total. The van der Waals surface area contributed by atoms with Crippen LogP contribution in [0.1, 0.15) is 19.8 Å². The Hall–Kier alpha value is -2.29. The number of amides is 1. The van der Waals surface area contributed by atoms with E-state index in [0.29, 0.717) is 36.8 Å². The standard InChI is InChI=1S/C22H30N4O4/c1-17(14-24-10-12-30-13-11-24)20(27)25-8-6-22(29,7-9-25)15-26-16-23-19-5-3-2-4-18(19)21(26)28/h2-5,16-17,29H,6-15H2,1H3. The zero-order chi connectivity index (χ0) is 21.1. The lowest BCUT2D eigenvalue weighted by Gasteiger charge is -2.39. The third kappa shape index (κ3) is 4.55. The van der Waals surface area contributed by atoms with E-state index in [1.807, 2.05) is 24.0 Å². The summed E-state index contributed by atoms with van der Waals surface area (Å²) in [5, 5.41) is 11.6. The van der Waals surface area contributed by atoms with Crippen LogP contribution in [-0.4, -0.2) is 81.9 Å². The smallest absolute Gasteiger partial charge is 0.261 e. The van der Waals surface area contributed by atoms with Crippen LogP contribution in [0.15, 0.2) is 35.4 Å². The Morgan fingerprint density at radius 1 is 1.20 bits per heavy atom. The van der Waals surface area contributed by atoms with Gasteiger partial charge < -0.3 is 14.7 Å². The number of rotatable bonds is 5. The summed E-state index contributed by atoms with van der Waals surface area (Å²) in [6.45, 7) is 7.07. The van der Waals surface area contributed by atoms with Gasteiger partial charge in [0.2, 0.25) is 5.91 Å². The maximum absolute atomic E-state index is 12.9. The van der Waals surface area contributed by atoms with Crippen molar-refractivity contribution in [3.63, 3.8) is 0 Å². The van der Waals surface area contributed by atoms with Gasteiger partial charge in [0.1, 0.15) is 0 Å². The second-order valence-electron chi connectivity index (χ2n) is 8.56. The van der Waals surface area contributed by atoms with Gasteiger partial charge in [0.05, 0.1) is 42.6 Å². The van der Waals surface area contributed by atoms with Gasteiger partial charge in [0.25, 0.3) is 5.56 Å². The van der Waals surface area contributed by atoms with Crippen molar-refractivity contribution in [2.24, 2.45) is 5.92 Å².